The van der Waals surface area contributed by atoms with Gasteiger partial charge in [-0.2, -0.15) is 5.26 Å². The molecular weight excluding hydrogens is 202 g/mol. The number of carbonyl (C=O) groups excluding carboxylic acids is 1. The van der Waals surface area contributed by atoms with Crippen LogP contribution in [0.2, 0.25) is 0 Å². The molecule has 4 heteroatoms. The van der Waals surface area contributed by atoms with Crippen molar-refractivity contribution in [3.8, 4) is 6.07 Å². The summed E-state index contributed by atoms with van der Waals surface area (Å²) in [6.45, 7) is 0.992. The first kappa shape index (κ1) is 10.7. The van der Waals surface area contributed by atoms with Gasteiger partial charge in [0.2, 0.25) is 5.91 Å². The second-order valence-corrected chi connectivity index (χ2v) is 3.91. The molecule has 0 saturated carbocycles. The van der Waals surface area contributed by atoms with E-state index in [2.05, 4.69) is 6.07 Å². The lowest BCUT2D eigenvalue weighted by Crippen LogP contribution is -2.24. The third-order valence-electron chi connectivity index (χ3n) is 2.79. The maximum absolute atomic E-state index is 11.6. The molecule has 1 aliphatic heterocycles. The fraction of sp³-hybridized carbons (Fsp3) is 0.333. The predicted octanol–water partition coefficient (Wildman–Crippen LogP) is 1.02. The van der Waals surface area contributed by atoms with Gasteiger partial charge in [0, 0.05) is 25.2 Å². The smallest absolute Gasteiger partial charge is 0.228 e. The molecule has 1 aromatic rings. The Morgan fingerprint density at radius 1 is 1.44 bits per heavy atom. The van der Waals surface area contributed by atoms with Crippen molar-refractivity contribution in [2.45, 2.75) is 13.0 Å². The van der Waals surface area contributed by atoms with Crippen LogP contribution in [0.4, 0.5) is 5.69 Å². The van der Waals surface area contributed by atoms with Crippen LogP contribution in [0.15, 0.2) is 24.3 Å². The highest BCUT2D eigenvalue weighted by molar-refractivity contribution is 5.96. The van der Waals surface area contributed by atoms with Crippen LogP contribution in [0.5, 0.6) is 0 Å². The molecule has 16 heavy (non-hydrogen) atoms. The van der Waals surface area contributed by atoms with Gasteiger partial charge in [-0.25, -0.2) is 0 Å². The molecule has 1 heterocycles. The van der Waals surface area contributed by atoms with Crippen LogP contribution in [0, 0.1) is 17.2 Å². The Morgan fingerprint density at radius 3 is 2.62 bits per heavy atom. The van der Waals surface area contributed by atoms with Crippen molar-refractivity contribution in [2.24, 2.45) is 11.7 Å². The van der Waals surface area contributed by atoms with E-state index in [1.165, 1.54) is 0 Å². The highest BCUT2D eigenvalue weighted by atomic mass is 16.2. The first-order valence-corrected chi connectivity index (χ1v) is 5.23. The highest BCUT2D eigenvalue weighted by Gasteiger charge is 2.30. The zero-order valence-corrected chi connectivity index (χ0v) is 8.89. The lowest BCUT2D eigenvalue weighted by Gasteiger charge is -2.15. The average molecular weight is 215 g/mol. The summed E-state index contributed by atoms with van der Waals surface area (Å²) in [6, 6.07) is 9.69. The minimum atomic E-state index is -0.179. The molecule has 4 nitrogen and oxygen atoms in total. The monoisotopic (exact) mass is 215 g/mol. The van der Waals surface area contributed by atoms with Gasteiger partial charge in [0.1, 0.15) is 0 Å². The summed E-state index contributed by atoms with van der Waals surface area (Å²) in [5.74, 6) is -0.159. The Kier molecular flexibility index (Phi) is 2.88. The minimum Gasteiger partial charge on any atom is -0.326 e. The maximum atomic E-state index is 11.6. The Hall–Kier alpha value is -1.86. The zero-order chi connectivity index (χ0) is 11.5. The van der Waals surface area contributed by atoms with E-state index in [-0.39, 0.29) is 11.8 Å². The fourth-order valence-electron chi connectivity index (χ4n) is 1.86. The van der Waals surface area contributed by atoms with Gasteiger partial charge >= 0.3 is 0 Å². The van der Waals surface area contributed by atoms with Crippen LogP contribution in [-0.4, -0.2) is 12.5 Å². The number of nitrogens with two attached hydrogens (primary N) is 1. The zero-order valence-electron chi connectivity index (χ0n) is 8.89. The Labute approximate surface area is 94.3 Å². The number of carbonyl (C=O) groups is 1. The molecule has 1 saturated heterocycles. The molecule has 1 amide bonds. The number of nitriles is 1. The second kappa shape index (κ2) is 4.33. The summed E-state index contributed by atoms with van der Waals surface area (Å²) >= 11 is 0. The first-order valence-electron chi connectivity index (χ1n) is 5.23. The average Bonchev–Trinajstić information content (AvgIpc) is 2.71. The normalized spacial score (nSPS) is 19.9. The Balaban J connectivity index is 2.18. The summed E-state index contributed by atoms with van der Waals surface area (Å²) in [7, 11) is 0. The molecular formula is C12H13N3O. The van der Waals surface area contributed by atoms with Crippen LogP contribution < -0.4 is 10.6 Å². The molecule has 0 radical (unpaired) electrons. The molecule has 1 fully saturated rings. The number of anilines is 1. The topological polar surface area (TPSA) is 70.1 Å². The largest absolute Gasteiger partial charge is 0.326 e. The van der Waals surface area contributed by atoms with E-state index in [0.29, 0.717) is 19.5 Å². The van der Waals surface area contributed by atoms with Gasteiger partial charge in [-0.15, -0.1) is 0 Å². The molecule has 1 aliphatic rings. The number of hydrogen-bond acceptors (Lipinski definition) is 3. The van der Waals surface area contributed by atoms with Crippen LogP contribution >= 0.6 is 0 Å². The van der Waals surface area contributed by atoms with Gasteiger partial charge < -0.3 is 10.6 Å². The summed E-state index contributed by atoms with van der Waals surface area (Å²) < 4.78 is 0. The molecule has 0 aromatic heterocycles. The van der Waals surface area contributed by atoms with Gasteiger partial charge in [0.25, 0.3) is 0 Å². The van der Waals surface area contributed by atoms with Crippen LogP contribution in [0.25, 0.3) is 0 Å². The van der Waals surface area contributed by atoms with Crippen molar-refractivity contribution < 1.29 is 4.79 Å². The molecule has 0 bridgehead atoms. The highest BCUT2D eigenvalue weighted by Crippen LogP contribution is 2.24. The van der Waals surface area contributed by atoms with Gasteiger partial charge in [0.15, 0.2) is 0 Å². The number of nitrogens with zero attached hydrogens (tertiary/aromatic N) is 2. The van der Waals surface area contributed by atoms with E-state index < -0.39 is 0 Å². The first-order chi connectivity index (χ1) is 7.74. The van der Waals surface area contributed by atoms with E-state index in [4.69, 9.17) is 11.0 Å². The van der Waals surface area contributed by atoms with E-state index in [1.54, 1.807) is 4.90 Å². The molecule has 0 aliphatic carbocycles. The molecule has 0 spiro atoms. The van der Waals surface area contributed by atoms with E-state index in [9.17, 15) is 4.79 Å². The number of benzene rings is 1. The number of hydrogen-bond donors (Lipinski definition) is 1. The third-order valence-corrected chi connectivity index (χ3v) is 2.79. The van der Waals surface area contributed by atoms with Crippen LogP contribution in [0.1, 0.15) is 12.0 Å². The van der Waals surface area contributed by atoms with Crippen molar-refractivity contribution in [2.75, 3.05) is 11.4 Å². The van der Waals surface area contributed by atoms with Crippen molar-refractivity contribution >= 4 is 11.6 Å². The quantitative estimate of drug-likeness (QED) is 0.800. The molecule has 1 unspecified atom stereocenters. The molecule has 1 atom stereocenters. The van der Waals surface area contributed by atoms with Gasteiger partial charge in [-0.05, 0) is 17.7 Å². The van der Waals surface area contributed by atoms with Gasteiger partial charge in [-0.3, -0.25) is 4.79 Å². The van der Waals surface area contributed by atoms with Crippen molar-refractivity contribution in [3.63, 3.8) is 0 Å². The van der Waals surface area contributed by atoms with E-state index >= 15 is 0 Å². The lowest BCUT2D eigenvalue weighted by molar-refractivity contribution is -0.117. The predicted molar refractivity (Wildman–Crippen MR) is 60.4 cm³/mol. The number of amides is 1. The molecule has 2 rings (SSSR count). The molecule has 1 aromatic carbocycles. The van der Waals surface area contributed by atoms with Gasteiger partial charge in [0.05, 0.1) is 12.0 Å². The summed E-state index contributed by atoms with van der Waals surface area (Å²) in [6.07, 6.45) is 0.329. The maximum Gasteiger partial charge on any atom is 0.228 e. The van der Waals surface area contributed by atoms with Crippen LogP contribution in [0.3, 0.4) is 0 Å². The van der Waals surface area contributed by atoms with Crippen molar-refractivity contribution in [1.82, 2.24) is 0 Å². The molecule has 82 valence electrons. The van der Waals surface area contributed by atoms with Crippen LogP contribution in [-0.2, 0) is 11.3 Å². The summed E-state index contributed by atoms with van der Waals surface area (Å²) in [5, 5.41) is 8.79. The standard InChI is InChI=1S/C12H13N3O/c13-6-9-1-3-11(4-2-9)15-8-10(7-14)5-12(15)16/h1-4,10H,5-6,8,13H2. The Bertz CT molecular complexity index is 433. The van der Waals surface area contributed by atoms with E-state index in [1.807, 2.05) is 24.3 Å². The fourth-order valence-corrected chi connectivity index (χ4v) is 1.86. The van der Waals surface area contributed by atoms with E-state index in [0.717, 1.165) is 11.3 Å². The van der Waals surface area contributed by atoms with Crippen molar-refractivity contribution in [1.29, 1.82) is 5.26 Å². The number of rotatable bonds is 2. The van der Waals surface area contributed by atoms with Crippen molar-refractivity contribution in [3.05, 3.63) is 29.8 Å². The third kappa shape index (κ3) is 1.90. The summed E-state index contributed by atoms with van der Waals surface area (Å²) in [5.41, 5.74) is 7.38. The Morgan fingerprint density at radius 2 is 2.12 bits per heavy atom. The lowest BCUT2D eigenvalue weighted by atomic mass is 10.1. The minimum absolute atomic E-state index is 0.0204. The molecule has 2 N–H and O–H groups in total. The summed E-state index contributed by atoms with van der Waals surface area (Å²) in [4.78, 5) is 13.3. The SMILES string of the molecule is N#CC1CC(=O)N(c2ccc(CN)cc2)C1. The van der Waals surface area contributed by atoms with Gasteiger partial charge in [-0.1, -0.05) is 12.1 Å². The second-order valence-electron chi connectivity index (χ2n) is 3.91.